The minimum atomic E-state index is -3.42. The van der Waals surface area contributed by atoms with Crippen LogP contribution in [0.3, 0.4) is 0 Å². The Bertz CT molecular complexity index is 646. The highest BCUT2D eigenvalue weighted by Crippen LogP contribution is 2.21. The molecule has 0 saturated heterocycles. The molecule has 0 fully saturated rings. The summed E-state index contributed by atoms with van der Waals surface area (Å²) in [5.41, 5.74) is 7.12. The number of benzene rings is 1. The Morgan fingerprint density at radius 3 is 2.42 bits per heavy atom. The second kappa shape index (κ2) is 5.73. The van der Waals surface area contributed by atoms with Crippen molar-refractivity contribution >= 4 is 27.0 Å². The van der Waals surface area contributed by atoms with Crippen molar-refractivity contribution in [1.29, 1.82) is 0 Å². The number of nitrogens with one attached hydrogen (secondary N) is 1. The van der Waals surface area contributed by atoms with Gasteiger partial charge in [0, 0.05) is 17.1 Å². The van der Waals surface area contributed by atoms with Crippen molar-refractivity contribution in [3.8, 4) is 0 Å². The molecule has 0 aliphatic heterocycles. The van der Waals surface area contributed by atoms with Gasteiger partial charge in [0.05, 0.1) is 0 Å². The molecule has 0 unspecified atom stereocenters. The lowest BCUT2D eigenvalue weighted by atomic mass is 10.2. The van der Waals surface area contributed by atoms with E-state index >= 15 is 0 Å². The van der Waals surface area contributed by atoms with Crippen LogP contribution in [0.4, 0.5) is 5.69 Å². The Morgan fingerprint density at radius 1 is 1.16 bits per heavy atom. The molecule has 1 aromatic heterocycles. The van der Waals surface area contributed by atoms with Gasteiger partial charge >= 0.3 is 0 Å². The van der Waals surface area contributed by atoms with Crippen molar-refractivity contribution in [3.05, 3.63) is 46.8 Å². The number of rotatable bonds is 5. The van der Waals surface area contributed by atoms with E-state index in [1.807, 2.05) is 25.1 Å². The number of nitrogens with two attached hydrogens (primary N) is 1. The number of hydrogen-bond donors (Lipinski definition) is 2. The quantitative estimate of drug-likeness (QED) is 0.832. The zero-order valence-corrected chi connectivity index (χ0v) is 12.2. The maximum Gasteiger partial charge on any atom is 0.250 e. The molecule has 1 heterocycles. The van der Waals surface area contributed by atoms with E-state index in [4.69, 9.17) is 5.73 Å². The van der Waals surface area contributed by atoms with Gasteiger partial charge in [0.25, 0.3) is 0 Å². The normalized spacial score (nSPS) is 11.6. The Hall–Kier alpha value is -1.37. The predicted molar refractivity (Wildman–Crippen MR) is 78.6 cm³/mol. The number of sulfonamides is 1. The first-order valence-corrected chi connectivity index (χ1v) is 8.24. The van der Waals surface area contributed by atoms with Gasteiger partial charge in [-0.3, -0.25) is 0 Å². The average molecular weight is 296 g/mol. The van der Waals surface area contributed by atoms with Crippen molar-refractivity contribution in [3.63, 3.8) is 0 Å². The summed E-state index contributed by atoms with van der Waals surface area (Å²) in [7, 11) is -3.42. The second-order valence-electron chi connectivity index (χ2n) is 4.14. The summed E-state index contributed by atoms with van der Waals surface area (Å²) in [4.78, 5) is 1.06. The molecule has 3 N–H and O–H groups in total. The highest BCUT2D eigenvalue weighted by Gasteiger charge is 2.15. The van der Waals surface area contributed by atoms with Gasteiger partial charge in [-0.2, -0.15) is 0 Å². The molecular formula is C13H16N2O2S2. The third kappa shape index (κ3) is 3.56. The minimum absolute atomic E-state index is 0.266. The van der Waals surface area contributed by atoms with Gasteiger partial charge in [-0.05, 0) is 36.2 Å². The Morgan fingerprint density at radius 2 is 1.84 bits per heavy atom. The lowest BCUT2D eigenvalue weighted by Crippen LogP contribution is -2.22. The summed E-state index contributed by atoms with van der Waals surface area (Å²) in [5, 5.41) is 0. The van der Waals surface area contributed by atoms with E-state index < -0.39 is 10.0 Å². The Labute approximate surface area is 117 Å². The molecule has 6 heteroatoms. The van der Waals surface area contributed by atoms with E-state index in [0.717, 1.165) is 16.9 Å². The fraction of sp³-hybridized carbons (Fsp3) is 0.231. The van der Waals surface area contributed by atoms with E-state index in [1.165, 1.54) is 11.3 Å². The van der Waals surface area contributed by atoms with Crippen LogP contribution in [0.15, 0.2) is 40.6 Å². The summed E-state index contributed by atoms with van der Waals surface area (Å²) in [6, 6.07) is 10.6. The molecule has 102 valence electrons. The van der Waals surface area contributed by atoms with Crippen LogP contribution >= 0.6 is 11.3 Å². The SMILES string of the molecule is CCc1ccc(S(=O)(=O)NCc2ccc(N)cc2)s1. The van der Waals surface area contributed by atoms with E-state index in [0.29, 0.717) is 9.90 Å². The standard InChI is InChI=1S/C13H16N2O2S2/c1-2-12-7-8-13(18-12)19(16,17)15-9-10-3-5-11(14)6-4-10/h3-8,15H,2,9,14H2,1H3. The molecule has 2 aromatic rings. The van der Waals surface area contributed by atoms with Crippen molar-refractivity contribution in [2.45, 2.75) is 24.1 Å². The summed E-state index contributed by atoms with van der Waals surface area (Å²) >= 11 is 1.31. The number of anilines is 1. The number of nitrogen functional groups attached to an aromatic ring is 1. The van der Waals surface area contributed by atoms with E-state index in [9.17, 15) is 8.42 Å². The summed E-state index contributed by atoms with van der Waals surface area (Å²) in [6.07, 6.45) is 0.845. The van der Waals surface area contributed by atoms with E-state index in [1.54, 1.807) is 18.2 Å². The Kier molecular flexibility index (Phi) is 4.24. The van der Waals surface area contributed by atoms with Crippen LogP contribution in [0, 0.1) is 0 Å². The van der Waals surface area contributed by atoms with E-state index in [2.05, 4.69) is 4.72 Å². The molecule has 2 rings (SSSR count). The molecule has 0 radical (unpaired) electrons. The molecule has 0 spiro atoms. The van der Waals surface area contributed by atoms with Crippen LogP contribution in [0.5, 0.6) is 0 Å². The topological polar surface area (TPSA) is 72.2 Å². The first-order valence-electron chi connectivity index (χ1n) is 5.94. The fourth-order valence-corrected chi connectivity index (χ4v) is 3.94. The lowest BCUT2D eigenvalue weighted by Gasteiger charge is -2.05. The zero-order chi connectivity index (χ0) is 13.9. The van der Waals surface area contributed by atoms with Crippen LogP contribution < -0.4 is 10.5 Å². The number of thiophene rings is 1. The maximum absolute atomic E-state index is 12.1. The van der Waals surface area contributed by atoms with Gasteiger partial charge in [-0.25, -0.2) is 13.1 Å². The molecule has 0 amide bonds. The minimum Gasteiger partial charge on any atom is -0.399 e. The number of aryl methyl sites for hydroxylation is 1. The first-order chi connectivity index (χ1) is 9.01. The maximum atomic E-state index is 12.1. The van der Waals surface area contributed by atoms with Crippen molar-refractivity contribution in [2.24, 2.45) is 0 Å². The highest BCUT2D eigenvalue weighted by atomic mass is 32.2. The average Bonchev–Trinajstić information content (AvgIpc) is 2.88. The Balaban J connectivity index is 2.07. The van der Waals surface area contributed by atoms with Crippen LogP contribution in [0.1, 0.15) is 17.4 Å². The van der Waals surface area contributed by atoms with Gasteiger partial charge in [0.15, 0.2) is 0 Å². The van der Waals surface area contributed by atoms with Crippen LogP contribution in [-0.4, -0.2) is 8.42 Å². The third-order valence-electron chi connectivity index (χ3n) is 2.70. The van der Waals surface area contributed by atoms with Gasteiger partial charge in [-0.1, -0.05) is 19.1 Å². The van der Waals surface area contributed by atoms with Gasteiger partial charge in [-0.15, -0.1) is 11.3 Å². The molecule has 0 atom stereocenters. The smallest absolute Gasteiger partial charge is 0.250 e. The largest absolute Gasteiger partial charge is 0.399 e. The highest BCUT2D eigenvalue weighted by molar-refractivity contribution is 7.91. The molecule has 4 nitrogen and oxygen atoms in total. The van der Waals surface area contributed by atoms with Gasteiger partial charge < -0.3 is 5.73 Å². The third-order valence-corrected chi connectivity index (χ3v) is 5.82. The molecule has 19 heavy (non-hydrogen) atoms. The first kappa shape index (κ1) is 14.0. The van der Waals surface area contributed by atoms with Crippen LogP contribution in [0.25, 0.3) is 0 Å². The molecule has 0 bridgehead atoms. The summed E-state index contributed by atoms with van der Waals surface area (Å²) in [5.74, 6) is 0. The van der Waals surface area contributed by atoms with Crippen LogP contribution in [0.2, 0.25) is 0 Å². The molecule has 0 saturated carbocycles. The van der Waals surface area contributed by atoms with Crippen molar-refractivity contribution in [1.82, 2.24) is 4.72 Å². The molecule has 0 aliphatic carbocycles. The molecule has 0 aliphatic rings. The van der Waals surface area contributed by atoms with Crippen molar-refractivity contribution in [2.75, 3.05) is 5.73 Å². The monoisotopic (exact) mass is 296 g/mol. The summed E-state index contributed by atoms with van der Waals surface area (Å²) in [6.45, 7) is 2.27. The lowest BCUT2D eigenvalue weighted by molar-refractivity contribution is 0.583. The van der Waals surface area contributed by atoms with Crippen molar-refractivity contribution < 1.29 is 8.42 Å². The van der Waals surface area contributed by atoms with E-state index in [-0.39, 0.29) is 6.54 Å². The summed E-state index contributed by atoms with van der Waals surface area (Å²) < 4.78 is 27.1. The molecular weight excluding hydrogens is 280 g/mol. The zero-order valence-electron chi connectivity index (χ0n) is 10.6. The van der Waals surface area contributed by atoms with Gasteiger partial charge in [0.2, 0.25) is 10.0 Å². The van der Waals surface area contributed by atoms with Crippen LogP contribution in [-0.2, 0) is 23.0 Å². The van der Waals surface area contributed by atoms with Gasteiger partial charge in [0.1, 0.15) is 4.21 Å². The second-order valence-corrected chi connectivity index (χ2v) is 7.30. The number of hydrogen-bond acceptors (Lipinski definition) is 4. The molecule has 1 aromatic carbocycles. The predicted octanol–water partition coefficient (Wildman–Crippen LogP) is 2.37. The fourth-order valence-electron chi connectivity index (χ4n) is 1.58.